The molecule has 0 aromatic carbocycles. The zero-order valence-electron chi connectivity index (χ0n) is 9.00. The van der Waals surface area contributed by atoms with Crippen molar-refractivity contribution in [1.82, 2.24) is 15.2 Å². The zero-order chi connectivity index (χ0) is 12.4. The fourth-order valence-electron chi connectivity index (χ4n) is 1.51. The predicted molar refractivity (Wildman–Crippen MR) is 66.1 cm³/mol. The first kappa shape index (κ1) is 11.6. The van der Waals surface area contributed by atoms with Gasteiger partial charge >= 0.3 is 0 Å². The minimum absolute atomic E-state index is 0.00577. The quantitative estimate of drug-likeness (QED) is 0.522. The van der Waals surface area contributed by atoms with Crippen LogP contribution in [0.25, 0.3) is 0 Å². The second kappa shape index (κ2) is 4.54. The van der Waals surface area contributed by atoms with Crippen molar-refractivity contribution in [2.45, 2.75) is 12.0 Å². The third-order valence-electron chi connectivity index (χ3n) is 2.44. The van der Waals surface area contributed by atoms with E-state index in [1.165, 1.54) is 0 Å². The Kier molecular flexibility index (Phi) is 3.10. The first-order chi connectivity index (χ1) is 8.09. The van der Waals surface area contributed by atoms with Crippen molar-refractivity contribution in [2.75, 3.05) is 0 Å². The van der Waals surface area contributed by atoms with Gasteiger partial charge in [0.15, 0.2) is 0 Å². The number of aromatic nitrogens is 1. The van der Waals surface area contributed by atoms with Crippen molar-refractivity contribution < 1.29 is 4.79 Å². The van der Waals surface area contributed by atoms with Gasteiger partial charge in [-0.15, -0.1) is 12.6 Å². The van der Waals surface area contributed by atoms with E-state index in [0.29, 0.717) is 6.54 Å². The average Bonchev–Trinajstić information content (AvgIpc) is 2.33. The zero-order valence-corrected chi connectivity index (χ0v) is 9.89. The summed E-state index contributed by atoms with van der Waals surface area (Å²) in [6.07, 6.45) is 1.69. The number of hydrogen-bond acceptors (Lipinski definition) is 6. The second-order valence-electron chi connectivity index (χ2n) is 3.60. The highest BCUT2D eigenvalue weighted by Crippen LogP contribution is 2.16. The number of nitrogens with zero attached hydrogens (tertiary/aromatic N) is 2. The van der Waals surface area contributed by atoms with Crippen LogP contribution in [0.5, 0.6) is 0 Å². The van der Waals surface area contributed by atoms with E-state index in [2.05, 4.69) is 22.9 Å². The Morgan fingerprint density at radius 2 is 2.24 bits per heavy atom. The molecule has 1 aliphatic heterocycles. The molecule has 7 heteroatoms. The van der Waals surface area contributed by atoms with Crippen LogP contribution in [0.2, 0.25) is 0 Å². The molecule has 0 saturated carbocycles. The summed E-state index contributed by atoms with van der Waals surface area (Å²) in [6, 6.07) is 5.56. The number of carbonyl (C=O) groups is 1. The van der Waals surface area contributed by atoms with Crippen molar-refractivity contribution in [3.63, 3.8) is 0 Å². The van der Waals surface area contributed by atoms with Crippen LogP contribution < -0.4 is 16.8 Å². The molecule has 6 nitrogen and oxygen atoms in total. The van der Waals surface area contributed by atoms with Gasteiger partial charge in [0.05, 0.1) is 12.2 Å². The van der Waals surface area contributed by atoms with E-state index in [0.717, 1.165) is 5.69 Å². The molecule has 1 aromatic heterocycles. The number of rotatable bonds is 2. The molecule has 0 radical (unpaired) electrons. The summed E-state index contributed by atoms with van der Waals surface area (Å²) >= 11 is 4.24. The molecule has 0 spiro atoms. The van der Waals surface area contributed by atoms with Crippen LogP contribution >= 0.6 is 12.6 Å². The molecule has 0 saturated heterocycles. The van der Waals surface area contributed by atoms with E-state index in [1.807, 2.05) is 18.2 Å². The molecule has 0 aliphatic carbocycles. The van der Waals surface area contributed by atoms with Crippen LogP contribution in [0.4, 0.5) is 0 Å². The predicted octanol–water partition coefficient (Wildman–Crippen LogP) is -0.687. The molecule has 1 unspecified atom stereocenters. The van der Waals surface area contributed by atoms with Gasteiger partial charge in [0, 0.05) is 6.20 Å². The molecular weight excluding hydrogens is 238 g/mol. The highest BCUT2D eigenvalue weighted by Gasteiger charge is 2.28. The van der Waals surface area contributed by atoms with Gasteiger partial charge < -0.3 is 21.7 Å². The highest BCUT2D eigenvalue weighted by atomic mass is 32.1. The topological polar surface area (TPSA) is 97.3 Å². The molecule has 1 aromatic rings. The summed E-state index contributed by atoms with van der Waals surface area (Å²) in [5.41, 5.74) is 11.7. The SMILES string of the molecule is NC1=C(N)N(Cc2ccccn2)C(S)NC1=O. The first-order valence-electron chi connectivity index (χ1n) is 5.00. The smallest absolute Gasteiger partial charge is 0.273 e. The summed E-state index contributed by atoms with van der Waals surface area (Å²) < 4.78 is 0. The van der Waals surface area contributed by atoms with Crippen LogP contribution in [0, 0.1) is 0 Å². The van der Waals surface area contributed by atoms with Crippen molar-refractivity contribution in [2.24, 2.45) is 11.5 Å². The third kappa shape index (κ3) is 2.28. The first-order valence-corrected chi connectivity index (χ1v) is 5.52. The highest BCUT2D eigenvalue weighted by molar-refractivity contribution is 7.80. The van der Waals surface area contributed by atoms with Crippen LogP contribution in [-0.4, -0.2) is 21.3 Å². The molecule has 0 bridgehead atoms. The molecule has 1 atom stereocenters. The fourth-order valence-corrected chi connectivity index (χ4v) is 1.84. The number of nitrogens with one attached hydrogen (secondary N) is 1. The number of hydrogen-bond donors (Lipinski definition) is 4. The maximum Gasteiger partial charge on any atom is 0.273 e. The van der Waals surface area contributed by atoms with Crippen LogP contribution in [0.3, 0.4) is 0 Å². The Hall–Kier alpha value is -1.89. The molecule has 90 valence electrons. The standard InChI is InChI=1S/C10H13N5OS/c11-7-8(12)15(10(17)14-9(7)16)5-6-3-1-2-4-13-6/h1-4,10,17H,5,11-12H2,(H,14,16). The van der Waals surface area contributed by atoms with E-state index in [9.17, 15) is 4.79 Å². The van der Waals surface area contributed by atoms with E-state index < -0.39 is 11.4 Å². The number of nitrogens with two attached hydrogens (primary N) is 2. The number of pyridine rings is 1. The normalized spacial score (nSPS) is 20.4. The lowest BCUT2D eigenvalue weighted by Crippen LogP contribution is -2.53. The fraction of sp³-hybridized carbons (Fsp3) is 0.200. The van der Waals surface area contributed by atoms with Gasteiger partial charge in [0.1, 0.15) is 17.0 Å². The maximum absolute atomic E-state index is 11.3. The summed E-state index contributed by atoms with van der Waals surface area (Å²) in [7, 11) is 0. The molecular formula is C10H13N5OS. The van der Waals surface area contributed by atoms with Crippen molar-refractivity contribution >= 4 is 18.5 Å². The lowest BCUT2D eigenvalue weighted by Gasteiger charge is -2.34. The summed E-state index contributed by atoms with van der Waals surface area (Å²) in [5.74, 6) is -0.181. The Bertz CT molecular complexity index is 461. The molecule has 1 aliphatic rings. The molecule has 2 heterocycles. The van der Waals surface area contributed by atoms with Gasteiger partial charge in [0.25, 0.3) is 5.91 Å². The Morgan fingerprint density at radius 3 is 2.88 bits per heavy atom. The number of amides is 1. The van der Waals surface area contributed by atoms with Gasteiger partial charge in [-0.05, 0) is 12.1 Å². The minimum atomic E-state index is -0.503. The van der Waals surface area contributed by atoms with Gasteiger partial charge in [0.2, 0.25) is 0 Å². The van der Waals surface area contributed by atoms with E-state index in [4.69, 9.17) is 11.5 Å². The molecule has 2 rings (SSSR count). The lowest BCUT2D eigenvalue weighted by molar-refractivity contribution is -0.119. The number of thiol groups is 1. The van der Waals surface area contributed by atoms with Gasteiger partial charge in [-0.2, -0.15) is 0 Å². The second-order valence-corrected chi connectivity index (χ2v) is 4.08. The Balaban J connectivity index is 2.23. The van der Waals surface area contributed by atoms with Crippen LogP contribution in [0.1, 0.15) is 5.69 Å². The largest absolute Gasteiger partial charge is 0.391 e. The van der Waals surface area contributed by atoms with E-state index >= 15 is 0 Å². The molecule has 17 heavy (non-hydrogen) atoms. The Morgan fingerprint density at radius 1 is 1.47 bits per heavy atom. The van der Waals surface area contributed by atoms with Crippen LogP contribution in [-0.2, 0) is 11.3 Å². The van der Waals surface area contributed by atoms with E-state index in [1.54, 1.807) is 11.1 Å². The van der Waals surface area contributed by atoms with Crippen molar-refractivity contribution in [3.8, 4) is 0 Å². The van der Waals surface area contributed by atoms with Gasteiger partial charge in [-0.3, -0.25) is 9.78 Å². The van der Waals surface area contributed by atoms with Crippen molar-refractivity contribution in [3.05, 3.63) is 41.6 Å². The third-order valence-corrected chi connectivity index (χ3v) is 2.85. The lowest BCUT2D eigenvalue weighted by atomic mass is 10.3. The minimum Gasteiger partial charge on any atom is -0.391 e. The van der Waals surface area contributed by atoms with Crippen molar-refractivity contribution in [1.29, 1.82) is 0 Å². The molecule has 5 N–H and O–H groups in total. The van der Waals surface area contributed by atoms with E-state index in [-0.39, 0.29) is 11.5 Å². The maximum atomic E-state index is 11.3. The number of carbonyl (C=O) groups excluding carboxylic acids is 1. The monoisotopic (exact) mass is 251 g/mol. The van der Waals surface area contributed by atoms with Crippen LogP contribution in [0.15, 0.2) is 35.9 Å². The molecule has 1 amide bonds. The summed E-state index contributed by atoms with van der Waals surface area (Å²) in [5, 5.41) is 2.59. The average molecular weight is 251 g/mol. The summed E-state index contributed by atoms with van der Waals surface area (Å²) in [6.45, 7) is 0.432. The van der Waals surface area contributed by atoms with Gasteiger partial charge in [-0.1, -0.05) is 6.07 Å². The molecule has 0 fully saturated rings. The van der Waals surface area contributed by atoms with Gasteiger partial charge in [-0.25, -0.2) is 0 Å². The summed E-state index contributed by atoms with van der Waals surface area (Å²) in [4.78, 5) is 17.2. The Labute approximate surface area is 104 Å².